The number of rotatable bonds is 7. The third-order valence-corrected chi connectivity index (χ3v) is 3.65. The summed E-state index contributed by atoms with van der Waals surface area (Å²) in [5.74, 6) is -0.122. The number of benzene rings is 1. The van der Waals surface area contributed by atoms with Gasteiger partial charge in [0.25, 0.3) is 0 Å². The number of aromatic nitrogens is 2. The molecule has 2 aromatic rings. The lowest BCUT2D eigenvalue weighted by molar-refractivity contribution is -0.142. The van der Waals surface area contributed by atoms with Crippen LogP contribution in [0.15, 0.2) is 30.6 Å². The van der Waals surface area contributed by atoms with Gasteiger partial charge in [-0.25, -0.2) is 4.79 Å². The molecule has 0 aliphatic heterocycles. The van der Waals surface area contributed by atoms with Crippen LogP contribution in [0.25, 0.3) is 0 Å². The van der Waals surface area contributed by atoms with Gasteiger partial charge >= 0.3 is 5.97 Å². The van der Waals surface area contributed by atoms with Crippen LogP contribution in [-0.2, 0) is 21.4 Å². The van der Waals surface area contributed by atoms with Crippen LogP contribution in [0.5, 0.6) is 5.75 Å². The van der Waals surface area contributed by atoms with Gasteiger partial charge in [-0.05, 0) is 37.7 Å². The van der Waals surface area contributed by atoms with Crippen LogP contribution in [0, 0.1) is 6.92 Å². The highest BCUT2D eigenvalue weighted by Crippen LogP contribution is 2.23. The smallest absolute Gasteiger partial charge is 0.343 e. The molecule has 1 unspecified atom stereocenters. The van der Waals surface area contributed by atoms with Crippen LogP contribution in [0.2, 0.25) is 0 Å². The van der Waals surface area contributed by atoms with Gasteiger partial charge in [-0.2, -0.15) is 5.10 Å². The second-order valence-corrected chi connectivity index (χ2v) is 5.50. The summed E-state index contributed by atoms with van der Waals surface area (Å²) >= 11 is 0. The zero-order valence-electron chi connectivity index (χ0n) is 15.1. The van der Waals surface area contributed by atoms with E-state index >= 15 is 0 Å². The number of halogens is 1. The summed E-state index contributed by atoms with van der Waals surface area (Å²) in [6.07, 6.45) is 3.44. The molecule has 0 saturated heterocycles. The van der Waals surface area contributed by atoms with Crippen molar-refractivity contribution in [1.82, 2.24) is 15.1 Å². The molecule has 0 fully saturated rings. The SMILES string of the molecule is CNC(C(=O)Nc1ccc(OCC(=O)OC)cc1C)c1cnn(C)c1.Cl. The van der Waals surface area contributed by atoms with Gasteiger partial charge in [-0.1, -0.05) is 0 Å². The van der Waals surface area contributed by atoms with Crippen molar-refractivity contribution in [1.29, 1.82) is 0 Å². The average Bonchev–Trinajstić information content (AvgIpc) is 3.01. The summed E-state index contributed by atoms with van der Waals surface area (Å²) in [6, 6.07) is 4.65. The Morgan fingerprint density at radius 1 is 1.35 bits per heavy atom. The molecule has 8 nitrogen and oxygen atoms in total. The van der Waals surface area contributed by atoms with Gasteiger partial charge in [0.15, 0.2) is 6.61 Å². The normalized spacial score (nSPS) is 11.2. The highest BCUT2D eigenvalue weighted by molar-refractivity contribution is 5.96. The van der Waals surface area contributed by atoms with E-state index in [0.717, 1.165) is 11.1 Å². The van der Waals surface area contributed by atoms with E-state index in [-0.39, 0.29) is 24.9 Å². The second-order valence-electron chi connectivity index (χ2n) is 5.50. The molecule has 0 radical (unpaired) electrons. The number of esters is 1. The standard InChI is InChI=1S/C17H22N4O4.ClH/c1-11-7-13(25-10-15(22)24-4)5-6-14(11)20-17(23)16(18-2)12-8-19-21(3)9-12;/h5-9,16,18H,10H2,1-4H3,(H,20,23);1H. The van der Waals surface area contributed by atoms with E-state index < -0.39 is 12.0 Å². The van der Waals surface area contributed by atoms with E-state index in [4.69, 9.17) is 4.74 Å². The molecule has 1 atom stereocenters. The van der Waals surface area contributed by atoms with Crippen molar-refractivity contribution in [3.05, 3.63) is 41.7 Å². The minimum Gasteiger partial charge on any atom is -0.482 e. The third kappa shape index (κ3) is 5.47. The van der Waals surface area contributed by atoms with Crippen molar-refractivity contribution in [2.45, 2.75) is 13.0 Å². The molecule has 2 rings (SSSR count). The molecule has 0 spiro atoms. The minimum absolute atomic E-state index is 0. The molecule has 26 heavy (non-hydrogen) atoms. The third-order valence-electron chi connectivity index (χ3n) is 3.65. The van der Waals surface area contributed by atoms with Crippen molar-refractivity contribution >= 4 is 30.0 Å². The number of amides is 1. The second kappa shape index (κ2) is 9.79. The van der Waals surface area contributed by atoms with Gasteiger partial charge in [-0.15, -0.1) is 12.4 Å². The number of nitrogens with zero attached hydrogens (tertiary/aromatic N) is 2. The van der Waals surface area contributed by atoms with Crippen molar-refractivity contribution < 1.29 is 19.1 Å². The molecule has 2 N–H and O–H groups in total. The Hall–Kier alpha value is -2.58. The summed E-state index contributed by atoms with van der Waals surface area (Å²) in [6.45, 7) is 1.68. The number of nitrogens with one attached hydrogen (secondary N) is 2. The first-order chi connectivity index (χ1) is 11.9. The van der Waals surface area contributed by atoms with E-state index in [1.54, 1.807) is 49.4 Å². The predicted octanol–water partition coefficient (Wildman–Crippen LogP) is 1.60. The molecule has 1 aromatic carbocycles. The van der Waals surface area contributed by atoms with Crippen LogP contribution < -0.4 is 15.4 Å². The Kier molecular flexibility index (Phi) is 8.08. The Morgan fingerprint density at radius 2 is 2.08 bits per heavy atom. The number of carbonyl (C=O) groups excluding carboxylic acids is 2. The molecule has 0 aliphatic carbocycles. The zero-order valence-corrected chi connectivity index (χ0v) is 15.9. The van der Waals surface area contributed by atoms with E-state index in [0.29, 0.717) is 11.4 Å². The van der Waals surface area contributed by atoms with Gasteiger partial charge in [0, 0.05) is 24.5 Å². The molecule has 9 heteroatoms. The number of carbonyl (C=O) groups is 2. The maximum Gasteiger partial charge on any atom is 0.343 e. The van der Waals surface area contributed by atoms with Gasteiger partial charge in [-0.3, -0.25) is 9.48 Å². The summed E-state index contributed by atoms with van der Waals surface area (Å²) in [7, 11) is 4.81. The molecule has 1 aromatic heterocycles. The number of hydrogen-bond donors (Lipinski definition) is 2. The van der Waals surface area contributed by atoms with E-state index in [1.807, 2.05) is 6.92 Å². The van der Waals surface area contributed by atoms with Crippen LogP contribution in [0.4, 0.5) is 5.69 Å². The molecular weight excluding hydrogens is 360 g/mol. The van der Waals surface area contributed by atoms with Crippen LogP contribution in [0.1, 0.15) is 17.2 Å². The molecule has 1 heterocycles. The minimum atomic E-state index is -0.511. The quantitative estimate of drug-likeness (QED) is 0.706. The van der Waals surface area contributed by atoms with Crippen LogP contribution in [-0.4, -0.2) is 42.4 Å². The Bertz CT molecular complexity index is 763. The summed E-state index contributed by atoms with van der Waals surface area (Å²) in [5, 5.41) is 9.95. The van der Waals surface area contributed by atoms with E-state index in [1.165, 1.54) is 7.11 Å². The highest BCUT2D eigenvalue weighted by atomic mass is 35.5. The van der Waals surface area contributed by atoms with E-state index in [2.05, 4.69) is 20.5 Å². The average molecular weight is 383 g/mol. The van der Waals surface area contributed by atoms with E-state index in [9.17, 15) is 9.59 Å². The maximum absolute atomic E-state index is 12.5. The summed E-state index contributed by atoms with van der Waals surface area (Å²) in [4.78, 5) is 23.7. The number of anilines is 1. The van der Waals surface area contributed by atoms with Crippen LogP contribution >= 0.6 is 12.4 Å². The lowest BCUT2D eigenvalue weighted by Crippen LogP contribution is -2.30. The summed E-state index contributed by atoms with van der Waals surface area (Å²) < 4.78 is 11.5. The van der Waals surface area contributed by atoms with Gasteiger partial charge in [0.1, 0.15) is 11.8 Å². The Morgan fingerprint density at radius 3 is 2.62 bits per heavy atom. The van der Waals surface area contributed by atoms with Gasteiger partial charge in [0.05, 0.1) is 13.3 Å². The largest absolute Gasteiger partial charge is 0.482 e. The first kappa shape index (κ1) is 21.5. The zero-order chi connectivity index (χ0) is 18.4. The van der Waals surface area contributed by atoms with Crippen molar-refractivity contribution in [2.75, 3.05) is 26.1 Å². The maximum atomic E-state index is 12.5. The fraction of sp³-hybridized carbons (Fsp3) is 0.353. The number of methoxy groups -OCH3 is 1. The highest BCUT2D eigenvalue weighted by Gasteiger charge is 2.20. The van der Waals surface area contributed by atoms with Gasteiger partial charge < -0.3 is 20.1 Å². The predicted molar refractivity (Wildman–Crippen MR) is 99.6 cm³/mol. The molecular formula is C17H23ClN4O4. The first-order valence-electron chi connectivity index (χ1n) is 7.71. The number of ether oxygens (including phenoxy) is 2. The van der Waals surface area contributed by atoms with Crippen LogP contribution in [0.3, 0.4) is 0 Å². The Labute approximate surface area is 158 Å². The number of aryl methyl sites for hydroxylation is 2. The lowest BCUT2D eigenvalue weighted by atomic mass is 10.1. The van der Waals surface area contributed by atoms with Crippen molar-refractivity contribution in [3.63, 3.8) is 0 Å². The molecule has 0 aliphatic rings. The first-order valence-corrected chi connectivity index (χ1v) is 7.71. The fourth-order valence-corrected chi connectivity index (χ4v) is 2.31. The molecule has 0 bridgehead atoms. The van der Waals surface area contributed by atoms with Gasteiger partial charge in [0.2, 0.25) is 5.91 Å². The number of hydrogen-bond acceptors (Lipinski definition) is 6. The molecule has 142 valence electrons. The topological polar surface area (TPSA) is 94.5 Å². The van der Waals surface area contributed by atoms with Crippen molar-refractivity contribution in [2.24, 2.45) is 7.05 Å². The van der Waals surface area contributed by atoms with Crippen molar-refractivity contribution in [3.8, 4) is 5.75 Å². The monoisotopic (exact) mass is 382 g/mol. The fourth-order valence-electron chi connectivity index (χ4n) is 2.31. The molecule has 0 saturated carbocycles. The molecule has 1 amide bonds. The number of likely N-dealkylation sites (N-methyl/N-ethyl adjacent to an activating group) is 1. The summed E-state index contributed by atoms with van der Waals surface area (Å²) in [5.41, 5.74) is 2.26. The Balaban J connectivity index is 0.00000338. The lowest BCUT2D eigenvalue weighted by Gasteiger charge is -2.16.